The first kappa shape index (κ1) is 12.3. The van der Waals surface area contributed by atoms with Crippen LogP contribution in [0.3, 0.4) is 0 Å². The molecule has 0 spiro atoms. The molecule has 5 heteroatoms. The van der Waals surface area contributed by atoms with Crippen molar-refractivity contribution in [2.45, 2.75) is 0 Å². The van der Waals surface area contributed by atoms with Gasteiger partial charge >= 0.3 is 68.9 Å². The number of anilines is 1. The van der Waals surface area contributed by atoms with E-state index in [-0.39, 0.29) is 85.9 Å². The predicted molar refractivity (Wildman–Crippen MR) is 34.6 cm³/mol. The predicted octanol–water partition coefficient (Wildman–Crippen LogP) is -4.29. The van der Waals surface area contributed by atoms with Crippen molar-refractivity contribution in [2.24, 2.45) is 0 Å². The van der Waals surface area contributed by atoms with Gasteiger partial charge in [-0.25, -0.2) is 0 Å². The standard InChI is InChI=1S/C7H7NO3.Cs/c8-6-3-4(9)1-2-5(6)7(10)11;/h1-3,9H,8H2,(H,10,11);/q;+1/p-2. The van der Waals surface area contributed by atoms with E-state index in [1.165, 1.54) is 0 Å². The van der Waals surface area contributed by atoms with Crippen LogP contribution < -0.4 is 84.8 Å². The van der Waals surface area contributed by atoms with Gasteiger partial charge in [-0.05, 0) is 6.07 Å². The monoisotopic (exact) mass is 284 g/mol. The van der Waals surface area contributed by atoms with Crippen molar-refractivity contribution < 1.29 is 83.9 Å². The van der Waals surface area contributed by atoms with E-state index in [1.807, 2.05) is 0 Å². The van der Waals surface area contributed by atoms with Gasteiger partial charge in [-0.2, -0.15) is 0 Å². The molecule has 0 fully saturated rings. The Bertz CT molecular complexity index is 301. The Morgan fingerprint density at radius 1 is 1.42 bits per heavy atom. The van der Waals surface area contributed by atoms with Gasteiger partial charge in [-0.1, -0.05) is 12.1 Å². The number of carboxylic acids is 1. The van der Waals surface area contributed by atoms with Gasteiger partial charge in [0.25, 0.3) is 0 Å². The fraction of sp³-hybridized carbons (Fsp3) is 0. The summed E-state index contributed by atoms with van der Waals surface area (Å²) >= 11 is 0. The van der Waals surface area contributed by atoms with Crippen LogP contribution in [0.15, 0.2) is 18.2 Å². The minimum atomic E-state index is -1.37. The first-order valence-corrected chi connectivity index (χ1v) is 2.89. The van der Waals surface area contributed by atoms with Gasteiger partial charge in [-0.15, -0.1) is 5.75 Å². The fourth-order valence-corrected chi connectivity index (χ4v) is 0.727. The van der Waals surface area contributed by atoms with Gasteiger partial charge in [0.2, 0.25) is 0 Å². The third-order valence-electron chi connectivity index (χ3n) is 1.24. The summed E-state index contributed by atoms with van der Waals surface area (Å²) in [5.74, 6) is -1.69. The molecule has 0 aliphatic carbocycles. The third-order valence-corrected chi connectivity index (χ3v) is 1.24. The number of nitrogens with two attached hydrogens (primary N) is 1. The second-order valence-electron chi connectivity index (χ2n) is 2.04. The van der Waals surface area contributed by atoms with Crippen LogP contribution in [0.25, 0.3) is 0 Å². The molecule has 0 saturated heterocycles. The van der Waals surface area contributed by atoms with Crippen LogP contribution >= 0.6 is 0 Å². The topological polar surface area (TPSA) is 89.2 Å². The summed E-state index contributed by atoms with van der Waals surface area (Å²) in [5.41, 5.74) is 5.00. The normalized spacial score (nSPS) is 8.67. The molecule has 0 unspecified atom stereocenters. The number of aromatic carboxylic acids is 1. The number of carbonyl (C=O) groups is 1. The largest absolute Gasteiger partial charge is 1.00 e. The third kappa shape index (κ3) is 3.00. The van der Waals surface area contributed by atoms with Crippen molar-refractivity contribution >= 4 is 11.7 Å². The number of benzene rings is 1. The van der Waals surface area contributed by atoms with E-state index in [1.54, 1.807) is 0 Å². The Kier molecular flexibility index (Phi) is 5.30. The zero-order valence-electron chi connectivity index (χ0n) is 6.53. The Morgan fingerprint density at radius 2 is 2.00 bits per heavy atom. The van der Waals surface area contributed by atoms with Crippen LogP contribution in [0.2, 0.25) is 0 Å². The maximum Gasteiger partial charge on any atom is 1.00 e. The fourth-order valence-electron chi connectivity index (χ4n) is 0.727. The summed E-state index contributed by atoms with van der Waals surface area (Å²) in [5, 5.41) is 20.8. The molecule has 0 saturated carbocycles. The molecule has 0 amide bonds. The van der Waals surface area contributed by atoms with E-state index < -0.39 is 5.97 Å². The van der Waals surface area contributed by atoms with Crippen LogP contribution in [0, 0.1) is 0 Å². The molecule has 0 atom stereocenters. The average Bonchev–Trinajstić information content (AvgIpc) is 1.85. The van der Waals surface area contributed by atoms with E-state index in [0.29, 0.717) is 0 Å². The van der Waals surface area contributed by atoms with E-state index in [0.717, 1.165) is 18.2 Å². The summed E-state index contributed by atoms with van der Waals surface area (Å²) < 4.78 is 0. The second-order valence-corrected chi connectivity index (χ2v) is 2.04. The maximum absolute atomic E-state index is 10.6. The van der Waals surface area contributed by atoms with Crippen molar-refractivity contribution in [3.05, 3.63) is 23.8 Å². The van der Waals surface area contributed by atoms with E-state index in [4.69, 9.17) is 5.73 Å². The number of rotatable bonds is 1. The summed E-state index contributed by atoms with van der Waals surface area (Å²) in [4.78, 5) is 10.2. The van der Waals surface area contributed by atoms with Gasteiger partial charge in [-0.3, -0.25) is 0 Å². The van der Waals surface area contributed by atoms with Crippen LogP contribution in [0.1, 0.15) is 10.4 Å². The molecule has 1 aromatic rings. The first-order chi connectivity index (χ1) is 5.11. The minimum Gasteiger partial charge on any atom is -0.872 e. The Labute approximate surface area is 128 Å². The quantitative estimate of drug-likeness (QED) is 0.528. The molecule has 0 aliphatic rings. The zero-order chi connectivity index (χ0) is 8.43. The minimum absolute atomic E-state index is 0. The molecule has 2 N–H and O–H groups in total. The molecule has 4 nitrogen and oxygen atoms in total. The van der Waals surface area contributed by atoms with Crippen molar-refractivity contribution in [3.63, 3.8) is 0 Å². The molecule has 1 rings (SSSR count). The van der Waals surface area contributed by atoms with Crippen molar-refractivity contribution in [1.82, 2.24) is 0 Å². The van der Waals surface area contributed by atoms with Crippen LogP contribution in [-0.4, -0.2) is 5.97 Å². The summed E-state index contributed by atoms with van der Waals surface area (Å²) in [6.07, 6.45) is 0. The molecule has 12 heavy (non-hydrogen) atoms. The van der Waals surface area contributed by atoms with Gasteiger partial charge in [0, 0.05) is 11.3 Å². The first-order valence-electron chi connectivity index (χ1n) is 2.89. The Hall–Kier alpha value is 0.342. The average molecular weight is 284 g/mol. The number of hydrogen-bond acceptors (Lipinski definition) is 4. The van der Waals surface area contributed by atoms with Crippen LogP contribution in [-0.2, 0) is 0 Å². The molecule has 0 bridgehead atoms. The zero-order valence-corrected chi connectivity index (χ0v) is 12.8. The van der Waals surface area contributed by atoms with E-state index >= 15 is 0 Å². The number of carbonyl (C=O) groups excluding carboxylic acids is 1. The smallest absolute Gasteiger partial charge is 0.872 e. The van der Waals surface area contributed by atoms with E-state index in [2.05, 4.69) is 0 Å². The van der Waals surface area contributed by atoms with Gasteiger partial charge in [0.15, 0.2) is 0 Å². The van der Waals surface area contributed by atoms with Crippen molar-refractivity contribution in [2.75, 3.05) is 5.73 Å². The van der Waals surface area contributed by atoms with E-state index in [9.17, 15) is 15.0 Å². The summed E-state index contributed by atoms with van der Waals surface area (Å²) in [6.45, 7) is 0. The molecule has 0 radical (unpaired) electrons. The molecule has 58 valence electrons. The second kappa shape index (κ2) is 5.15. The number of carboxylic acid groups (broad SMARTS) is 1. The molecular formula is C7H5CsNO3-. The maximum atomic E-state index is 10.6. The Balaban J connectivity index is 0.00000121. The number of hydrogen-bond donors (Lipinski definition) is 1. The van der Waals surface area contributed by atoms with Gasteiger partial charge < -0.3 is 20.7 Å². The van der Waals surface area contributed by atoms with Crippen LogP contribution in [0.4, 0.5) is 5.69 Å². The molecule has 0 aromatic heterocycles. The van der Waals surface area contributed by atoms with Crippen LogP contribution in [0.5, 0.6) is 5.75 Å². The summed E-state index contributed by atoms with van der Waals surface area (Å²) in [6, 6.07) is 3.31. The molecule has 0 aliphatic heterocycles. The molecule has 0 heterocycles. The molecular weight excluding hydrogens is 279 g/mol. The van der Waals surface area contributed by atoms with Crippen molar-refractivity contribution in [3.8, 4) is 5.75 Å². The molecule has 1 aromatic carbocycles. The Morgan fingerprint density at radius 3 is 2.42 bits per heavy atom. The van der Waals surface area contributed by atoms with Gasteiger partial charge in [0.1, 0.15) is 0 Å². The van der Waals surface area contributed by atoms with Gasteiger partial charge in [0.05, 0.1) is 5.97 Å². The number of nitrogen functional groups attached to an aromatic ring is 1. The SMILES string of the molecule is Nc1cc([O-])ccc1C(=O)[O-].[Cs+]. The summed E-state index contributed by atoms with van der Waals surface area (Å²) in [7, 11) is 0. The van der Waals surface area contributed by atoms with Crippen molar-refractivity contribution in [1.29, 1.82) is 0 Å².